The van der Waals surface area contributed by atoms with Crippen LogP contribution >= 0.6 is 0 Å². The van der Waals surface area contributed by atoms with Gasteiger partial charge in [0.1, 0.15) is 0 Å². The number of piperidine rings is 1. The average Bonchev–Trinajstić information content (AvgIpc) is 2.76. The molecule has 1 fully saturated rings. The van der Waals surface area contributed by atoms with Crippen LogP contribution in [0.5, 0.6) is 0 Å². The fraction of sp³-hybridized carbons (Fsp3) is 0.308. The van der Waals surface area contributed by atoms with E-state index in [1.165, 1.54) is 29.5 Å². The molecule has 4 rings (SSSR count). The summed E-state index contributed by atoms with van der Waals surface area (Å²) in [5.74, 6) is 0. The lowest BCUT2D eigenvalue weighted by atomic mass is 9.68. The topological polar surface area (TPSA) is 3.24 Å². The number of hydrogen-bond donors (Lipinski definition) is 0. The van der Waals surface area contributed by atoms with Crippen molar-refractivity contribution in [2.75, 3.05) is 13.1 Å². The Bertz CT molecular complexity index is 776. The maximum absolute atomic E-state index is 2.68. The van der Waals surface area contributed by atoms with Crippen LogP contribution in [0.4, 0.5) is 0 Å². The predicted octanol–water partition coefficient (Wildman–Crippen LogP) is 5.70. The number of rotatable bonds is 5. The molecule has 138 valence electrons. The molecule has 1 nitrogen and oxygen atoms in total. The van der Waals surface area contributed by atoms with Crippen LogP contribution in [0.15, 0.2) is 91.0 Å². The van der Waals surface area contributed by atoms with Gasteiger partial charge < -0.3 is 4.90 Å². The lowest BCUT2D eigenvalue weighted by Crippen LogP contribution is -2.47. The van der Waals surface area contributed by atoms with Crippen molar-refractivity contribution in [1.82, 2.24) is 4.90 Å². The fourth-order valence-corrected chi connectivity index (χ4v) is 4.69. The van der Waals surface area contributed by atoms with Crippen LogP contribution in [-0.4, -0.2) is 24.0 Å². The van der Waals surface area contributed by atoms with Crippen LogP contribution in [0.3, 0.4) is 0 Å². The largest absolute Gasteiger partial charge is 0.300 e. The van der Waals surface area contributed by atoms with Crippen molar-refractivity contribution in [3.05, 3.63) is 108 Å². The zero-order chi connectivity index (χ0) is 18.5. The van der Waals surface area contributed by atoms with Gasteiger partial charge in [-0.15, -0.1) is 0 Å². The second-order valence-electron chi connectivity index (χ2n) is 7.89. The Labute approximate surface area is 163 Å². The molecule has 0 spiro atoms. The van der Waals surface area contributed by atoms with Crippen molar-refractivity contribution < 1.29 is 0 Å². The zero-order valence-corrected chi connectivity index (χ0v) is 16.2. The second kappa shape index (κ2) is 8.10. The number of hydrogen-bond acceptors (Lipinski definition) is 1. The molecule has 0 N–H and O–H groups in total. The van der Waals surface area contributed by atoms with Crippen molar-refractivity contribution in [3.63, 3.8) is 0 Å². The number of benzene rings is 3. The fourth-order valence-electron chi connectivity index (χ4n) is 4.69. The van der Waals surface area contributed by atoms with E-state index in [4.69, 9.17) is 0 Å². The lowest BCUT2D eigenvalue weighted by molar-refractivity contribution is 0.136. The van der Waals surface area contributed by atoms with Gasteiger partial charge in [-0.25, -0.2) is 0 Å². The summed E-state index contributed by atoms with van der Waals surface area (Å²) >= 11 is 0. The molecule has 0 saturated carbocycles. The summed E-state index contributed by atoms with van der Waals surface area (Å²) in [6.45, 7) is 4.68. The summed E-state index contributed by atoms with van der Waals surface area (Å²) in [7, 11) is 0. The average molecular weight is 356 g/mol. The highest BCUT2D eigenvalue weighted by Crippen LogP contribution is 2.42. The van der Waals surface area contributed by atoms with E-state index < -0.39 is 0 Å². The van der Waals surface area contributed by atoms with Gasteiger partial charge in [-0.05, 0) is 56.0 Å². The Hall–Kier alpha value is -2.38. The molecule has 1 aliphatic heterocycles. The Kier molecular flexibility index (Phi) is 5.40. The number of nitrogens with zero attached hydrogens (tertiary/aromatic N) is 1. The Morgan fingerprint density at radius 2 is 1.15 bits per heavy atom. The molecule has 1 atom stereocenters. The first-order valence-electron chi connectivity index (χ1n) is 10.2. The highest BCUT2D eigenvalue weighted by Gasteiger charge is 2.38. The smallest absolute Gasteiger partial charge is 0.0227 e. The first-order chi connectivity index (χ1) is 13.3. The molecule has 1 saturated heterocycles. The van der Waals surface area contributed by atoms with E-state index in [0.29, 0.717) is 6.04 Å². The summed E-state index contributed by atoms with van der Waals surface area (Å²) in [5, 5.41) is 0. The van der Waals surface area contributed by atoms with Gasteiger partial charge in [-0.1, -0.05) is 91.0 Å². The molecule has 0 amide bonds. The predicted molar refractivity (Wildman–Crippen MR) is 114 cm³/mol. The third kappa shape index (κ3) is 3.84. The standard InChI is InChI=1S/C26H29N/c1-22(21-23-11-5-2-6-12-23)27-19-17-26(18-20-27,24-13-7-3-8-14-24)25-15-9-4-10-16-25/h2-16,22H,17-21H2,1H3. The molecular formula is C26H29N. The maximum Gasteiger partial charge on any atom is 0.0227 e. The van der Waals surface area contributed by atoms with Gasteiger partial charge in [-0.2, -0.15) is 0 Å². The van der Waals surface area contributed by atoms with E-state index in [0.717, 1.165) is 19.5 Å². The Morgan fingerprint density at radius 3 is 1.63 bits per heavy atom. The zero-order valence-electron chi connectivity index (χ0n) is 16.2. The van der Waals surface area contributed by atoms with Crippen LogP contribution in [0.1, 0.15) is 36.5 Å². The Morgan fingerprint density at radius 1 is 0.704 bits per heavy atom. The highest BCUT2D eigenvalue weighted by molar-refractivity contribution is 5.40. The molecule has 3 aromatic carbocycles. The molecule has 1 heteroatoms. The van der Waals surface area contributed by atoms with Crippen molar-refractivity contribution in [3.8, 4) is 0 Å². The van der Waals surface area contributed by atoms with Crippen LogP contribution in [0, 0.1) is 0 Å². The van der Waals surface area contributed by atoms with Crippen molar-refractivity contribution in [2.45, 2.75) is 37.6 Å². The first-order valence-corrected chi connectivity index (χ1v) is 10.2. The Balaban J connectivity index is 1.53. The van der Waals surface area contributed by atoms with Gasteiger partial charge >= 0.3 is 0 Å². The van der Waals surface area contributed by atoms with Crippen molar-refractivity contribution in [1.29, 1.82) is 0 Å². The maximum atomic E-state index is 2.68. The molecule has 0 aliphatic carbocycles. The van der Waals surface area contributed by atoms with E-state index in [2.05, 4.69) is 103 Å². The van der Waals surface area contributed by atoms with Gasteiger partial charge in [0.15, 0.2) is 0 Å². The van der Waals surface area contributed by atoms with Gasteiger partial charge in [0.05, 0.1) is 0 Å². The van der Waals surface area contributed by atoms with Crippen LogP contribution in [-0.2, 0) is 11.8 Å². The SMILES string of the molecule is CC(Cc1ccccc1)N1CCC(c2ccccc2)(c2ccccc2)CC1. The van der Waals surface area contributed by atoms with Gasteiger partial charge in [0.25, 0.3) is 0 Å². The van der Waals surface area contributed by atoms with Crippen LogP contribution in [0.25, 0.3) is 0 Å². The minimum absolute atomic E-state index is 0.144. The van der Waals surface area contributed by atoms with E-state index in [-0.39, 0.29) is 5.41 Å². The highest BCUT2D eigenvalue weighted by atomic mass is 15.2. The second-order valence-corrected chi connectivity index (χ2v) is 7.89. The molecule has 1 heterocycles. The summed E-state index contributed by atoms with van der Waals surface area (Å²) in [6.07, 6.45) is 3.49. The quantitative estimate of drug-likeness (QED) is 0.567. The molecule has 1 unspecified atom stereocenters. The summed E-state index contributed by atoms with van der Waals surface area (Å²) in [5.41, 5.74) is 4.51. The van der Waals surface area contributed by atoms with Crippen LogP contribution in [0.2, 0.25) is 0 Å². The van der Waals surface area contributed by atoms with E-state index in [1.54, 1.807) is 0 Å². The summed E-state index contributed by atoms with van der Waals surface area (Å²) in [4.78, 5) is 2.68. The van der Waals surface area contributed by atoms with E-state index in [1.807, 2.05) is 0 Å². The monoisotopic (exact) mass is 355 g/mol. The molecule has 0 bridgehead atoms. The van der Waals surface area contributed by atoms with Gasteiger partial charge in [0, 0.05) is 11.5 Å². The van der Waals surface area contributed by atoms with Crippen molar-refractivity contribution in [2.24, 2.45) is 0 Å². The summed E-state index contributed by atoms with van der Waals surface area (Å²) in [6, 6.07) is 33.7. The molecule has 0 aromatic heterocycles. The third-order valence-electron chi connectivity index (χ3n) is 6.30. The molecule has 0 radical (unpaired) electrons. The molecular weight excluding hydrogens is 326 g/mol. The minimum atomic E-state index is 0.144. The molecule has 1 aliphatic rings. The molecule has 3 aromatic rings. The lowest BCUT2D eigenvalue weighted by Gasteiger charge is -2.45. The van der Waals surface area contributed by atoms with E-state index >= 15 is 0 Å². The number of likely N-dealkylation sites (tertiary alicyclic amines) is 1. The summed E-state index contributed by atoms with van der Waals surface area (Å²) < 4.78 is 0. The van der Waals surface area contributed by atoms with Gasteiger partial charge in [-0.3, -0.25) is 0 Å². The third-order valence-corrected chi connectivity index (χ3v) is 6.30. The van der Waals surface area contributed by atoms with Gasteiger partial charge in [0.2, 0.25) is 0 Å². The molecule has 27 heavy (non-hydrogen) atoms. The normalized spacial score (nSPS) is 18.1. The van der Waals surface area contributed by atoms with E-state index in [9.17, 15) is 0 Å². The van der Waals surface area contributed by atoms with Crippen molar-refractivity contribution >= 4 is 0 Å². The van der Waals surface area contributed by atoms with Crippen LogP contribution < -0.4 is 0 Å². The first kappa shape index (κ1) is 18.0. The minimum Gasteiger partial charge on any atom is -0.300 e.